The first-order chi connectivity index (χ1) is 7.17. The Hall–Kier alpha value is -1.20. The summed E-state index contributed by atoms with van der Waals surface area (Å²) in [5, 5.41) is 24.5. The summed E-state index contributed by atoms with van der Waals surface area (Å²) in [6, 6.07) is 5.41. The van der Waals surface area contributed by atoms with Crippen molar-refractivity contribution < 1.29 is 10.0 Å². The van der Waals surface area contributed by atoms with Gasteiger partial charge in [-0.05, 0) is 37.5 Å². The van der Waals surface area contributed by atoms with Crippen LogP contribution < -0.4 is 16.1 Å². The number of rotatable bonds is 5. The molecule has 1 aromatic rings. The highest BCUT2D eigenvalue weighted by Gasteiger charge is 2.12. The average Bonchev–Trinajstić information content (AvgIpc) is 2.18. The molecule has 0 heterocycles. The first-order valence-corrected chi connectivity index (χ1v) is 5.16. The number of anilines is 2. The van der Waals surface area contributed by atoms with Gasteiger partial charge in [0.05, 0.1) is 0 Å². The Kier molecular flexibility index (Phi) is 4.46. The Balaban J connectivity index is 2.97. The molecule has 4 N–H and O–H groups in total. The van der Waals surface area contributed by atoms with Crippen LogP contribution in [-0.4, -0.2) is 30.3 Å². The van der Waals surface area contributed by atoms with E-state index in [2.05, 4.69) is 10.6 Å². The van der Waals surface area contributed by atoms with Gasteiger partial charge in [-0.15, -0.1) is 0 Å². The predicted molar refractivity (Wildman–Crippen MR) is 64.6 cm³/mol. The van der Waals surface area contributed by atoms with Gasteiger partial charge >= 0.3 is 7.12 Å². The molecule has 0 amide bonds. The smallest absolute Gasteiger partial charge is 0.423 e. The monoisotopic (exact) mass is 208 g/mol. The summed E-state index contributed by atoms with van der Waals surface area (Å²) in [6.07, 6.45) is 0. The van der Waals surface area contributed by atoms with Crippen LogP contribution in [0.4, 0.5) is 11.4 Å². The van der Waals surface area contributed by atoms with Gasteiger partial charge in [-0.25, -0.2) is 0 Å². The molecule has 0 aromatic heterocycles. The van der Waals surface area contributed by atoms with E-state index in [9.17, 15) is 0 Å². The van der Waals surface area contributed by atoms with Gasteiger partial charge in [-0.3, -0.25) is 0 Å². The zero-order valence-electron chi connectivity index (χ0n) is 9.12. The third-order valence-electron chi connectivity index (χ3n) is 2.02. The van der Waals surface area contributed by atoms with Gasteiger partial charge in [0.2, 0.25) is 0 Å². The minimum atomic E-state index is -1.43. The molecule has 1 rings (SSSR count). The zero-order valence-corrected chi connectivity index (χ0v) is 9.12. The fourth-order valence-electron chi connectivity index (χ4n) is 1.41. The Bertz CT molecular complexity index is 294. The van der Waals surface area contributed by atoms with E-state index >= 15 is 0 Å². The van der Waals surface area contributed by atoms with Crippen molar-refractivity contribution in [3.63, 3.8) is 0 Å². The molecule has 0 bridgehead atoms. The largest absolute Gasteiger partial charge is 0.488 e. The molecule has 0 aliphatic heterocycles. The van der Waals surface area contributed by atoms with Crippen molar-refractivity contribution >= 4 is 24.0 Å². The van der Waals surface area contributed by atoms with Gasteiger partial charge in [0.15, 0.2) is 0 Å². The minimum Gasteiger partial charge on any atom is -0.423 e. The van der Waals surface area contributed by atoms with E-state index in [0.29, 0.717) is 5.46 Å². The fourth-order valence-corrected chi connectivity index (χ4v) is 1.41. The number of hydrogen-bond acceptors (Lipinski definition) is 4. The second kappa shape index (κ2) is 5.63. The average molecular weight is 208 g/mol. The lowest BCUT2D eigenvalue weighted by Gasteiger charge is -2.11. The van der Waals surface area contributed by atoms with Crippen LogP contribution in [-0.2, 0) is 0 Å². The molecule has 0 aliphatic carbocycles. The maximum absolute atomic E-state index is 9.11. The summed E-state index contributed by atoms with van der Waals surface area (Å²) in [5.41, 5.74) is 2.27. The van der Waals surface area contributed by atoms with Crippen LogP contribution >= 0.6 is 0 Å². The highest BCUT2D eigenvalue weighted by molar-refractivity contribution is 6.58. The molecule has 1 aromatic carbocycles. The molecule has 0 fully saturated rings. The van der Waals surface area contributed by atoms with E-state index < -0.39 is 7.12 Å². The molecule has 4 nitrogen and oxygen atoms in total. The molecule has 0 unspecified atom stereocenters. The van der Waals surface area contributed by atoms with Crippen molar-refractivity contribution in [2.45, 2.75) is 13.8 Å². The molecule has 0 saturated heterocycles. The standard InChI is InChI=1S/C10H17BN2O2/c1-3-12-9-5-8(11(14)15)6-10(7-9)13-4-2/h5-7,12-15H,3-4H2,1-2H3. The summed E-state index contributed by atoms with van der Waals surface area (Å²) in [4.78, 5) is 0. The fraction of sp³-hybridized carbons (Fsp3) is 0.400. The molecule has 0 aliphatic rings. The SMILES string of the molecule is CCNc1cc(NCC)cc(B(O)O)c1. The summed E-state index contributed by atoms with van der Waals surface area (Å²) >= 11 is 0. The van der Waals surface area contributed by atoms with E-state index in [0.717, 1.165) is 24.5 Å². The van der Waals surface area contributed by atoms with Gasteiger partial charge in [0.1, 0.15) is 0 Å². The van der Waals surface area contributed by atoms with Crippen LogP contribution in [0.5, 0.6) is 0 Å². The molecular weight excluding hydrogens is 191 g/mol. The lowest BCUT2D eigenvalue weighted by Crippen LogP contribution is -2.30. The quantitative estimate of drug-likeness (QED) is 0.523. The second-order valence-electron chi connectivity index (χ2n) is 3.28. The van der Waals surface area contributed by atoms with Crippen molar-refractivity contribution in [3.05, 3.63) is 18.2 Å². The highest BCUT2D eigenvalue weighted by atomic mass is 16.4. The Morgan fingerprint density at radius 1 is 1.00 bits per heavy atom. The molecule has 0 spiro atoms. The van der Waals surface area contributed by atoms with Crippen LogP contribution in [0.15, 0.2) is 18.2 Å². The van der Waals surface area contributed by atoms with Crippen LogP contribution in [0.1, 0.15) is 13.8 Å². The Morgan fingerprint density at radius 2 is 1.47 bits per heavy atom. The van der Waals surface area contributed by atoms with Crippen LogP contribution in [0, 0.1) is 0 Å². The van der Waals surface area contributed by atoms with Crippen molar-refractivity contribution in [1.29, 1.82) is 0 Å². The van der Waals surface area contributed by atoms with Gasteiger partial charge in [-0.1, -0.05) is 0 Å². The highest BCUT2D eigenvalue weighted by Crippen LogP contribution is 2.13. The first-order valence-electron chi connectivity index (χ1n) is 5.16. The Morgan fingerprint density at radius 3 is 1.80 bits per heavy atom. The lowest BCUT2D eigenvalue weighted by molar-refractivity contribution is 0.426. The molecule has 5 heteroatoms. The number of benzene rings is 1. The summed E-state index contributed by atoms with van der Waals surface area (Å²) in [5.74, 6) is 0. The van der Waals surface area contributed by atoms with Crippen LogP contribution in [0.3, 0.4) is 0 Å². The summed E-state index contributed by atoms with van der Waals surface area (Å²) in [7, 11) is -1.43. The van der Waals surface area contributed by atoms with Crippen molar-refractivity contribution in [3.8, 4) is 0 Å². The lowest BCUT2D eigenvalue weighted by atomic mass is 9.80. The van der Waals surface area contributed by atoms with E-state index in [1.807, 2.05) is 19.9 Å². The van der Waals surface area contributed by atoms with Crippen molar-refractivity contribution in [2.24, 2.45) is 0 Å². The molecule has 0 atom stereocenters. The van der Waals surface area contributed by atoms with Crippen molar-refractivity contribution in [1.82, 2.24) is 0 Å². The van der Waals surface area contributed by atoms with Crippen molar-refractivity contribution in [2.75, 3.05) is 23.7 Å². The Labute approximate surface area is 90.5 Å². The number of nitrogens with one attached hydrogen (secondary N) is 2. The zero-order chi connectivity index (χ0) is 11.3. The molecule has 15 heavy (non-hydrogen) atoms. The van der Waals surface area contributed by atoms with Gasteiger partial charge < -0.3 is 20.7 Å². The van der Waals surface area contributed by atoms with Gasteiger partial charge in [-0.2, -0.15) is 0 Å². The summed E-state index contributed by atoms with van der Waals surface area (Å²) < 4.78 is 0. The predicted octanol–water partition coefficient (Wildman–Crippen LogP) is 0.230. The van der Waals surface area contributed by atoms with E-state index in [1.165, 1.54) is 0 Å². The topological polar surface area (TPSA) is 64.5 Å². The van der Waals surface area contributed by atoms with E-state index in [4.69, 9.17) is 10.0 Å². The minimum absolute atomic E-state index is 0.490. The third-order valence-corrected chi connectivity index (χ3v) is 2.02. The second-order valence-corrected chi connectivity index (χ2v) is 3.28. The maximum Gasteiger partial charge on any atom is 0.488 e. The van der Waals surface area contributed by atoms with Gasteiger partial charge in [0, 0.05) is 24.5 Å². The molecular formula is C10H17BN2O2. The van der Waals surface area contributed by atoms with Gasteiger partial charge in [0.25, 0.3) is 0 Å². The molecule has 0 saturated carbocycles. The van der Waals surface area contributed by atoms with E-state index in [1.54, 1.807) is 12.1 Å². The summed E-state index contributed by atoms with van der Waals surface area (Å²) in [6.45, 7) is 5.59. The molecule has 82 valence electrons. The third kappa shape index (κ3) is 3.45. The van der Waals surface area contributed by atoms with Crippen LogP contribution in [0.25, 0.3) is 0 Å². The molecule has 0 radical (unpaired) electrons. The van der Waals surface area contributed by atoms with Crippen LogP contribution in [0.2, 0.25) is 0 Å². The normalized spacial score (nSPS) is 9.87. The number of hydrogen-bond donors (Lipinski definition) is 4. The van der Waals surface area contributed by atoms with E-state index in [-0.39, 0.29) is 0 Å². The first kappa shape index (κ1) is 11.9. The maximum atomic E-state index is 9.11.